The smallest absolute Gasteiger partial charge is 0.243 e. The molecule has 0 spiro atoms. The molecule has 1 aliphatic rings. The SMILES string of the molecule is NC(N)=NCCC[C@@H]1NC(=O)CNC(=O)[C@H](Cc2ccc3ccccc3c2)NC(=O)[C@@H](Cc2ccc(O)cc2)NC(=O)[C@H](CCCN=C(N)N)NC1=O. The van der Waals surface area contributed by atoms with Gasteiger partial charge in [-0.2, -0.15) is 0 Å². The number of guanidine groups is 2. The fourth-order valence-corrected chi connectivity index (χ4v) is 5.79. The van der Waals surface area contributed by atoms with Crippen molar-refractivity contribution in [3.63, 3.8) is 0 Å². The van der Waals surface area contributed by atoms with Gasteiger partial charge in [0.25, 0.3) is 0 Å². The summed E-state index contributed by atoms with van der Waals surface area (Å²) in [6.07, 6.45) is 0.777. The Labute approximate surface area is 306 Å². The van der Waals surface area contributed by atoms with Gasteiger partial charge in [0, 0.05) is 25.9 Å². The van der Waals surface area contributed by atoms with Gasteiger partial charge in [-0.15, -0.1) is 0 Å². The van der Waals surface area contributed by atoms with Crippen LogP contribution in [-0.2, 0) is 36.8 Å². The highest BCUT2D eigenvalue weighted by molar-refractivity contribution is 5.97. The van der Waals surface area contributed by atoms with Gasteiger partial charge in [-0.3, -0.25) is 34.0 Å². The summed E-state index contributed by atoms with van der Waals surface area (Å²) in [4.78, 5) is 76.3. The lowest BCUT2D eigenvalue weighted by atomic mass is 9.99. The molecule has 1 heterocycles. The summed E-state index contributed by atoms with van der Waals surface area (Å²) >= 11 is 0. The topological polar surface area (TPSA) is 295 Å². The standard InChI is InChI=1S/C36H47N11O6/c37-35(38)41-15-3-7-26-32(51)45-27(8-4-16-42-36(39)40)33(52)47-29(18-21-10-13-25(48)14-11-21)34(53)46-28(31(50)43-20-30(49)44-26)19-22-9-12-23-5-1-2-6-24(23)17-22/h1-2,5-6,9-14,17,26-29,48H,3-4,7-8,15-16,18-20H2,(H,43,50)(H,44,49)(H,45,51)(H,46,53)(H,47,52)(H4,37,38,41)(H4,39,40,42)/t26-,27-,28-,29+/m0/s1. The molecule has 282 valence electrons. The second-order valence-corrected chi connectivity index (χ2v) is 12.7. The van der Waals surface area contributed by atoms with Gasteiger partial charge in [0.05, 0.1) is 6.54 Å². The molecule has 17 nitrogen and oxygen atoms in total. The molecule has 0 radical (unpaired) electrons. The van der Waals surface area contributed by atoms with E-state index in [1.807, 2.05) is 42.5 Å². The maximum atomic E-state index is 14.0. The van der Waals surface area contributed by atoms with Crippen molar-refractivity contribution in [3.8, 4) is 5.75 Å². The Kier molecular flexibility index (Phi) is 14.3. The van der Waals surface area contributed by atoms with Crippen LogP contribution in [0.5, 0.6) is 5.75 Å². The first-order chi connectivity index (χ1) is 25.4. The zero-order valence-electron chi connectivity index (χ0n) is 29.2. The van der Waals surface area contributed by atoms with E-state index < -0.39 is 60.2 Å². The van der Waals surface area contributed by atoms with Gasteiger partial charge in [0.1, 0.15) is 29.9 Å². The average molecular weight is 730 g/mol. The molecule has 1 fully saturated rings. The third-order valence-electron chi connectivity index (χ3n) is 8.49. The van der Waals surface area contributed by atoms with Crippen molar-refractivity contribution in [3.05, 3.63) is 77.9 Å². The number of carbonyl (C=O) groups excluding carboxylic acids is 5. The molecular weight excluding hydrogens is 682 g/mol. The third kappa shape index (κ3) is 12.7. The van der Waals surface area contributed by atoms with Crippen molar-refractivity contribution in [1.82, 2.24) is 26.6 Å². The number of phenolic OH excluding ortho intramolecular Hbond substituents is 1. The Bertz CT molecular complexity index is 1820. The van der Waals surface area contributed by atoms with E-state index in [1.54, 1.807) is 12.1 Å². The van der Waals surface area contributed by atoms with E-state index in [0.29, 0.717) is 12.0 Å². The van der Waals surface area contributed by atoms with E-state index in [0.717, 1.165) is 16.3 Å². The van der Waals surface area contributed by atoms with Crippen LogP contribution in [0.2, 0.25) is 0 Å². The number of fused-ring (bicyclic) bond motifs is 1. The van der Waals surface area contributed by atoms with Crippen molar-refractivity contribution >= 4 is 52.2 Å². The summed E-state index contributed by atoms with van der Waals surface area (Å²) in [7, 11) is 0. The van der Waals surface area contributed by atoms with Crippen molar-refractivity contribution in [1.29, 1.82) is 0 Å². The van der Waals surface area contributed by atoms with Gasteiger partial charge < -0.3 is 54.6 Å². The predicted molar refractivity (Wildman–Crippen MR) is 200 cm³/mol. The maximum Gasteiger partial charge on any atom is 0.243 e. The van der Waals surface area contributed by atoms with Crippen LogP contribution in [0.4, 0.5) is 0 Å². The number of hydrogen-bond acceptors (Lipinski definition) is 8. The largest absolute Gasteiger partial charge is 0.508 e. The third-order valence-corrected chi connectivity index (χ3v) is 8.49. The zero-order chi connectivity index (χ0) is 38.3. The molecule has 0 saturated carbocycles. The minimum atomic E-state index is -1.23. The summed E-state index contributed by atoms with van der Waals surface area (Å²) in [6.45, 7) is -0.177. The highest BCUT2D eigenvalue weighted by Crippen LogP contribution is 2.18. The van der Waals surface area contributed by atoms with Crippen molar-refractivity contribution in [2.45, 2.75) is 62.7 Å². The molecular formula is C36H47N11O6. The fourth-order valence-electron chi connectivity index (χ4n) is 5.79. The average Bonchev–Trinajstić information content (AvgIpc) is 3.12. The Morgan fingerprint density at radius 3 is 1.70 bits per heavy atom. The number of nitrogens with zero attached hydrogens (tertiary/aromatic N) is 2. The normalized spacial score (nSPS) is 20.0. The van der Waals surface area contributed by atoms with Crippen LogP contribution in [0.15, 0.2) is 76.7 Å². The number of nitrogens with two attached hydrogens (primary N) is 4. The minimum Gasteiger partial charge on any atom is -0.508 e. The van der Waals surface area contributed by atoms with Crippen LogP contribution in [-0.4, -0.2) is 90.4 Å². The molecule has 53 heavy (non-hydrogen) atoms. The zero-order valence-corrected chi connectivity index (χ0v) is 29.2. The monoisotopic (exact) mass is 729 g/mol. The summed E-state index contributed by atoms with van der Waals surface area (Å²) in [5, 5.41) is 25.2. The van der Waals surface area contributed by atoms with Gasteiger partial charge in [-0.25, -0.2) is 0 Å². The summed E-state index contributed by atoms with van der Waals surface area (Å²) in [5.74, 6) is -3.66. The van der Waals surface area contributed by atoms with Crippen LogP contribution >= 0.6 is 0 Å². The van der Waals surface area contributed by atoms with Gasteiger partial charge in [0.2, 0.25) is 29.5 Å². The molecule has 1 saturated heterocycles. The van der Waals surface area contributed by atoms with Crippen LogP contribution in [0.3, 0.4) is 0 Å². The number of benzene rings is 3. The van der Waals surface area contributed by atoms with Crippen LogP contribution < -0.4 is 49.5 Å². The molecule has 1 aliphatic heterocycles. The number of carbonyl (C=O) groups is 5. The Balaban J connectivity index is 1.69. The van der Waals surface area contributed by atoms with Crippen LogP contribution in [0.25, 0.3) is 10.8 Å². The lowest BCUT2D eigenvalue weighted by Gasteiger charge is -2.26. The Hall–Kier alpha value is -6.39. The Morgan fingerprint density at radius 2 is 1.09 bits per heavy atom. The Morgan fingerprint density at radius 1 is 0.604 bits per heavy atom. The molecule has 0 bridgehead atoms. The van der Waals surface area contributed by atoms with E-state index >= 15 is 0 Å². The van der Waals surface area contributed by atoms with Gasteiger partial charge in [-0.05, 0) is 59.7 Å². The van der Waals surface area contributed by atoms with Crippen molar-refractivity contribution in [2.24, 2.45) is 32.9 Å². The quantitative estimate of drug-likeness (QED) is 0.0585. The minimum absolute atomic E-state index is 0.0102. The van der Waals surface area contributed by atoms with Gasteiger partial charge in [0.15, 0.2) is 11.9 Å². The number of hydrogen-bond donors (Lipinski definition) is 10. The first kappa shape index (κ1) is 39.4. The number of rotatable bonds is 12. The molecule has 3 aromatic rings. The highest BCUT2D eigenvalue weighted by atomic mass is 16.3. The molecule has 5 amide bonds. The summed E-state index contributed by atoms with van der Waals surface area (Å²) < 4.78 is 0. The van der Waals surface area contributed by atoms with Gasteiger partial charge >= 0.3 is 0 Å². The van der Waals surface area contributed by atoms with E-state index in [4.69, 9.17) is 22.9 Å². The van der Waals surface area contributed by atoms with Gasteiger partial charge in [-0.1, -0.05) is 54.6 Å². The number of phenols is 1. The second-order valence-electron chi connectivity index (χ2n) is 12.7. The summed E-state index contributed by atoms with van der Waals surface area (Å²) in [5.41, 5.74) is 23.1. The second kappa shape index (κ2) is 19.3. The number of nitrogens with one attached hydrogen (secondary N) is 5. The van der Waals surface area contributed by atoms with Crippen molar-refractivity contribution < 1.29 is 29.1 Å². The summed E-state index contributed by atoms with van der Waals surface area (Å²) in [6, 6.07) is 14.7. The maximum absolute atomic E-state index is 14.0. The van der Waals surface area contributed by atoms with E-state index in [-0.39, 0.29) is 62.9 Å². The molecule has 14 N–H and O–H groups in total. The molecule has 0 unspecified atom stereocenters. The molecule has 4 rings (SSSR count). The highest BCUT2D eigenvalue weighted by Gasteiger charge is 2.32. The molecule has 17 heteroatoms. The van der Waals surface area contributed by atoms with Crippen molar-refractivity contribution in [2.75, 3.05) is 19.6 Å². The van der Waals surface area contributed by atoms with Crippen LogP contribution in [0.1, 0.15) is 36.8 Å². The predicted octanol–water partition coefficient (Wildman–Crippen LogP) is -1.49. The first-order valence-electron chi connectivity index (χ1n) is 17.2. The molecule has 0 aromatic heterocycles. The van der Waals surface area contributed by atoms with E-state index in [1.165, 1.54) is 12.1 Å². The first-order valence-corrected chi connectivity index (χ1v) is 17.2. The number of amides is 5. The number of aromatic hydroxyl groups is 1. The molecule has 3 aromatic carbocycles. The lowest BCUT2D eigenvalue weighted by molar-refractivity contribution is -0.134. The van der Waals surface area contributed by atoms with Crippen LogP contribution in [0, 0.1) is 0 Å². The van der Waals surface area contributed by atoms with E-state index in [9.17, 15) is 29.1 Å². The number of aliphatic imine (C=N–C) groups is 2. The molecule has 0 aliphatic carbocycles. The van der Waals surface area contributed by atoms with E-state index in [2.05, 4.69) is 36.6 Å². The molecule has 4 atom stereocenters. The fraction of sp³-hybridized carbons (Fsp3) is 0.361. The lowest BCUT2D eigenvalue weighted by Crippen LogP contribution is -2.58.